The zero-order chi connectivity index (χ0) is 12.4. The quantitative estimate of drug-likeness (QED) is 0.745. The lowest BCUT2D eigenvalue weighted by atomic mass is 10.1. The van der Waals surface area contributed by atoms with E-state index in [9.17, 15) is 4.79 Å². The lowest BCUT2D eigenvalue weighted by Crippen LogP contribution is -2.27. The minimum atomic E-state index is -0.171. The summed E-state index contributed by atoms with van der Waals surface area (Å²) in [5.41, 5.74) is 3.35. The van der Waals surface area contributed by atoms with Crippen molar-refractivity contribution in [3.05, 3.63) is 34.9 Å². The van der Waals surface area contributed by atoms with Crippen LogP contribution in [0.1, 0.15) is 40.4 Å². The first-order valence-corrected chi connectivity index (χ1v) is 5.41. The van der Waals surface area contributed by atoms with Crippen molar-refractivity contribution in [2.24, 2.45) is 0 Å². The summed E-state index contributed by atoms with van der Waals surface area (Å²) in [6.07, 6.45) is 1.55. The second kappa shape index (κ2) is 4.40. The molecule has 0 aliphatic heterocycles. The predicted octanol–water partition coefficient (Wildman–Crippen LogP) is 1.24. The van der Waals surface area contributed by atoms with Gasteiger partial charge in [0, 0.05) is 17.5 Å². The Hall–Kier alpha value is -2.11. The van der Waals surface area contributed by atoms with Crippen LogP contribution in [0.5, 0.6) is 0 Å². The van der Waals surface area contributed by atoms with Crippen molar-refractivity contribution in [1.29, 1.82) is 0 Å². The Balaban J connectivity index is 2.12. The topological polar surface area (TPSA) is 86.5 Å². The third-order valence-corrected chi connectivity index (χ3v) is 2.71. The first-order chi connectivity index (χ1) is 8.09. The molecular weight excluding hydrogens is 218 g/mol. The maximum Gasteiger partial charge on any atom is 0.269 e. The summed E-state index contributed by atoms with van der Waals surface area (Å²) in [6, 6.07) is 1.54. The van der Waals surface area contributed by atoms with E-state index in [2.05, 4.69) is 25.7 Å². The van der Waals surface area contributed by atoms with Crippen molar-refractivity contribution in [3.63, 3.8) is 0 Å². The molecule has 1 unspecified atom stereocenters. The van der Waals surface area contributed by atoms with Gasteiger partial charge in [-0.25, -0.2) is 0 Å². The Bertz CT molecular complexity index is 494. The van der Waals surface area contributed by atoms with Gasteiger partial charge in [-0.1, -0.05) is 0 Å². The summed E-state index contributed by atoms with van der Waals surface area (Å²) in [4.78, 5) is 11.8. The number of H-pyrrole nitrogens is 2. The average molecular weight is 233 g/mol. The van der Waals surface area contributed by atoms with Crippen molar-refractivity contribution >= 4 is 5.91 Å². The van der Waals surface area contributed by atoms with Gasteiger partial charge < -0.3 is 5.32 Å². The van der Waals surface area contributed by atoms with Crippen LogP contribution in [0.3, 0.4) is 0 Å². The van der Waals surface area contributed by atoms with Crippen LogP contribution < -0.4 is 5.32 Å². The van der Waals surface area contributed by atoms with E-state index in [-0.39, 0.29) is 11.9 Å². The van der Waals surface area contributed by atoms with E-state index >= 15 is 0 Å². The van der Waals surface area contributed by atoms with Crippen LogP contribution in [0.2, 0.25) is 0 Å². The molecule has 0 fully saturated rings. The summed E-state index contributed by atoms with van der Waals surface area (Å²) in [5.74, 6) is -0.171. The summed E-state index contributed by atoms with van der Waals surface area (Å²) in [6.45, 7) is 5.78. The molecule has 0 aromatic carbocycles. The normalized spacial score (nSPS) is 12.4. The third kappa shape index (κ3) is 2.20. The van der Waals surface area contributed by atoms with E-state index in [4.69, 9.17) is 0 Å². The van der Waals surface area contributed by atoms with Crippen molar-refractivity contribution in [1.82, 2.24) is 25.7 Å². The second-order valence-electron chi connectivity index (χ2n) is 4.01. The fourth-order valence-electron chi connectivity index (χ4n) is 1.93. The highest BCUT2D eigenvalue weighted by Gasteiger charge is 2.17. The average Bonchev–Trinajstić information content (AvgIpc) is 2.88. The van der Waals surface area contributed by atoms with Crippen LogP contribution in [-0.4, -0.2) is 26.3 Å². The second-order valence-corrected chi connectivity index (χ2v) is 4.01. The molecule has 3 N–H and O–H groups in total. The van der Waals surface area contributed by atoms with Gasteiger partial charge in [0.2, 0.25) is 0 Å². The molecule has 1 atom stereocenters. The first-order valence-electron chi connectivity index (χ1n) is 5.41. The van der Waals surface area contributed by atoms with Gasteiger partial charge in [0.1, 0.15) is 5.69 Å². The van der Waals surface area contributed by atoms with Crippen molar-refractivity contribution in [2.75, 3.05) is 0 Å². The number of carbonyl (C=O) groups is 1. The van der Waals surface area contributed by atoms with Crippen LogP contribution in [-0.2, 0) is 0 Å². The molecule has 0 spiro atoms. The number of hydrogen-bond donors (Lipinski definition) is 3. The maximum atomic E-state index is 11.8. The standard InChI is InChI=1S/C11H15N5O/c1-6(10-7(2)14-15-8(10)3)13-11(17)9-4-5-12-16-9/h4-6H,1-3H3,(H,12,16)(H,13,17)(H,14,15). The van der Waals surface area contributed by atoms with Crippen molar-refractivity contribution in [3.8, 4) is 0 Å². The molecule has 90 valence electrons. The number of aryl methyl sites for hydroxylation is 2. The molecule has 2 aromatic rings. The molecule has 0 saturated carbocycles. The fourth-order valence-corrected chi connectivity index (χ4v) is 1.93. The zero-order valence-electron chi connectivity index (χ0n) is 10.0. The number of rotatable bonds is 3. The molecule has 6 nitrogen and oxygen atoms in total. The van der Waals surface area contributed by atoms with Gasteiger partial charge in [-0.3, -0.25) is 15.0 Å². The highest BCUT2D eigenvalue weighted by atomic mass is 16.2. The molecule has 0 bridgehead atoms. The van der Waals surface area contributed by atoms with Crippen LogP contribution in [0.25, 0.3) is 0 Å². The monoisotopic (exact) mass is 233 g/mol. The van der Waals surface area contributed by atoms with Gasteiger partial charge in [0.15, 0.2) is 0 Å². The van der Waals surface area contributed by atoms with Gasteiger partial charge >= 0.3 is 0 Å². The highest BCUT2D eigenvalue weighted by Crippen LogP contribution is 2.19. The number of nitrogens with zero attached hydrogens (tertiary/aromatic N) is 2. The molecule has 2 aromatic heterocycles. The van der Waals surface area contributed by atoms with E-state index in [1.165, 1.54) is 0 Å². The third-order valence-electron chi connectivity index (χ3n) is 2.71. The number of carbonyl (C=O) groups excluding carboxylic acids is 1. The number of aromatic amines is 2. The molecule has 0 saturated heterocycles. The Morgan fingerprint density at radius 3 is 2.71 bits per heavy atom. The van der Waals surface area contributed by atoms with Crippen LogP contribution in [0.4, 0.5) is 0 Å². The Labute approximate surface area is 98.8 Å². The summed E-state index contributed by atoms with van der Waals surface area (Å²) in [5, 5.41) is 16.3. The summed E-state index contributed by atoms with van der Waals surface area (Å²) in [7, 11) is 0. The van der Waals surface area contributed by atoms with Crippen molar-refractivity contribution < 1.29 is 4.79 Å². The van der Waals surface area contributed by atoms with E-state index < -0.39 is 0 Å². The number of hydrogen-bond acceptors (Lipinski definition) is 3. The van der Waals surface area contributed by atoms with Crippen molar-refractivity contribution in [2.45, 2.75) is 26.8 Å². The van der Waals surface area contributed by atoms with Gasteiger partial charge in [-0.15, -0.1) is 0 Å². The molecule has 0 aliphatic rings. The maximum absolute atomic E-state index is 11.8. The van der Waals surface area contributed by atoms with Crippen LogP contribution >= 0.6 is 0 Å². The molecule has 6 heteroatoms. The van der Waals surface area contributed by atoms with Gasteiger partial charge in [0.05, 0.1) is 11.7 Å². The highest BCUT2D eigenvalue weighted by molar-refractivity contribution is 5.92. The van der Waals surface area contributed by atoms with Gasteiger partial charge in [-0.2, -0.15) is 10.2 Å². The van der Waals surface area contributed by atoms with E-state index in [1.807, 2.05) is 20.8 Å². The largest absolute Gasteiger partial charge is 0.344 e. The fraction of sp³-hybridized carbons (Fsp3) is 0.364. The molecule has 0 radical (unpaired) electrons. The number of nitrogens with one attached hydrogen (secondary N) is 3. The molecule has 2 heterocycles. The van der Waals surface area contributed by atoms with E-state index in [1.54, 1.807) is 12.3 Å². The SMILES string of the molecule is Cc1n[nH]c(C)c1C(C)NC(=O)c1ccn[nH]1. The van der Waals surface area contributed by atoms with Gasteiger partial charge in [0.25, 0.3) is 5.91 Å². The van der Waals surface area contributed by atoms with Crippen LogP contribution in [0.15, 0.2) is 12.3 Å². The Morgan fingerprint density at radius 2 is 2.18 bits per heavy atom. The van der Waals surface area contributed by atoms with Crippen LogP contribution in [0, 0.1) is 13.8 Å². The number of amides is 1. The number of aromatic nitrogens is 4. The molecular formula is C11H15N5O. The smallest absolute Gasteiger partial charge is 0.269 e. The zero-order valence-corrected chi connectivity index (χ0v) is 10.0. The lowest BCUT2D eigenvalue weighted by Gasteiger charge is -2.13. The summed E-state index contributed by atoms with van der Waals surface area (Å²) >= 11 is 0. The lowest BCUT2D eigenvalue weighted by molar-refractivity contribution is 0.0934. The molecule has 0 aliphatic carbocycles. The van der Waals surface area contributed by atoms with Gasteiger partial charge in [-0.05, 0) is 26.8 Å². The molecule has 2 rings (SSSR count). The first kappa shape index (κ1) is 11.4. The predicted molar refractivity (Wildman–Crippen MR) is 62.5 cm³/mol. The molecule has 17 heavy (non-hydrogen) atoms. The Kier molecular flexibility index (Phi) is 2.95. The minimum absolute atomic E-state index is 0.0930. The molecule has 1 amide bonds. The minimum Gasteiger partial charge on any atom is -0.344 e. The van der Waals surface area contributed by atoms with E-state index in [0.717, 1.165) is 17.0 Å². The Morgan fingerprint density at radius 1 is 1.41 bits per heavy atom. The van der Waals surface area contributed by atoms with E-state index in [0.29, 0.717) is 5.69 Å². The summed E-state index contributed by atoms with van der Waals surface area (Å²) < 4.78 is 0.